The number of carboxylic acids is 1. The molecule has 1 heterocycles. The first-order valence-electron chi connectivity index (χ1n) is 11.2. The van der Waals surface area contributed by atoms with Crippen molar-refractivity contribution in [3.8, 4) is 22.8 Å². The Balaban J connectivity index is 1.72. The van der Waals surface area contributed by atoms with Crippen LogP contribution in [0.25, 0.3) is 11.3 Å². The molecule has 0 bridgehead atoms. The number of ether oxygens (including phenoxy) is 2. The molecule has 0 aliphatic rings. The Morgan fingerprint density at radius 2 is 1.81 bits per heavy atom. The molecule has 0 aliphatic carbocycles. The summed E-state index contributed by atoms with van der Waals surface area (Å²) in [6, 6.07) is 12.6. The minimum absolute atomic E-state index is 0.279. The third kappa shape index (κ3) is 7.74. The molecule has 11 heteroatoms. The molecule has 0 unspecified atom stereocenters. The Morgan fingerprint density at radius 1 is 1.14 bits per heavy atom. The van der Waals surface area contributed by atoms with Crippen molar-refractivity contribution in [1.29, 1.82) is 0 Å². The van der Waals surface area contributed by atoms with Crippen LogP contribution in [-0.4, -0.2) is 44.8 Å². The van der Waals surface area contributed by atoms with Crippen molar-refractivity contribution in [1.82, 2.24) is 14.7 Å². The molecule has 0 atom stereocenters. The van der Waals surface area contributed by atoms with Crippen molar-refractivity contribution in [2.75, 3.05) is 7.05 Å². The molecule has 0 saturated carbocycles. The highest BCUT2D eigenvalue weighted by Gasteiger charge is 2.31. The lowest BCUT2D eigenvalue weighted by Crippen LogP contribution is -2.37. The van der Waals surface area contributed by atoms with Crippen LogP contribution in [0.3, 0.4) is 0 Å². The van der Waals surface area contributed by atoms with Crippen LogP contribution < -0.4 is 9.47 Å². The quantitative estimate of drug-likeness (QED) is 0.295. The van der Waals surface area contributed by atoms with E-state index in [1.165, 1.54) is 38.1 Å². The van der Waals surface area contributed by atoms with Crippen LogP contribution in [0.2, 0.25) is 5.02 Å². The summed E-state index contributed by atoms with van der Waals surface area (Å²) in [5, 5.41) is 14.1. The van der Waals surface area contributed by atoms with E-state index in [9.17, 15) is 23.1 Å². The number of benzene rings is 2. The van der Waals surface area contributed by atoms with Crippen LogP contribution in [0.1, 0.15) is 25.1 Å². The van der Waals surface area contributed by atoms with Crippen LogP contribution in [0.15, 0.2) is 61.2 Å². The first-order valence-corrected chi connectivity index (χ1v) is 11.6. The van der Waals surface area contributed by atoms with Crippen molar-refractivity contribution in [2.45, 2.75) is 45.4 Å². The van der Waals surface area contributed by atoms with E-state index in [1.54, 1.807) is 22.9 Å². The maximum atomic E-state index is 12.4. The maximum absolute atomic E-state index is 12.4. The van der Waals surface area contributed by atoms with Gasteiger partial charge in [0.05, 0.1) is 23.0 Å². The summed E-state index contributed by atoms with van der Waals surface area (Å²) in [5.41, 5.74) is 1.60. The molecule has 0 amide bonds. The van der Waals surface area contributed by atoms with Gasteiger partial charge < -0.3 is 14.6 Å². The van der Waals surface area contributed by atoms with Gasteiger partial charge in [-0.25, -0.2) is 4.79 Å². The lowest BCUT2D eigenvalue weighted by Gasteiger charge is -2.23. The van der Waals surface area contributed by atoms with E-state index in [1.807, 2.05) is 24.1 Å². The first kappa shape index (κ1) is 28.1. The molecule has 0 fully saturated rings. The van der Waals surface area contributed by atoms with E-state index in [-0.39, 0.29) is 11.5 Å². The van der Waals surface area contributed by atoms with Gasteiger partial charge >= 0.3 is 12.3 Å². The molecule has 1 N–H and O–H groups in total. The average molecular weight is 538 g/mol. The van der Waals surface area contributed by atoms with Gasteiger partial charge in [-0.2, -0.15) is 5.10 Å². The minimum Gasteiger partial charge on any atom is -0.478 e. The molecule has 3 rings (SSSR count). The normalized spacial score (nSPS) is 12.0. The van der Waals surface area contributed by atoms with Gasteiger partial charge in [-0.15, -0.1) is 19.8 Å². The second-order valence-electron chi connectivity index (χ2n) is 8.92. The number of alkyl halides is 3. The molecule has 0 spiro atoms. The first-order chi connectivity index (χ1) is 17.3. The van der Waals surface area contributed by atoms with E-state index in [0.717, 1.165) is 11.3 Å². The predicted octanol–water partition coefficient (Wildman–Crippen LogP) is 6.16. The third-order valence-electron chi connectivity index (χ3n) is 5.31. The summed E-state index contributed by atoms with van der Waals surface area (Å²) in [6.07, 6.45) is -3.05. The monoisotopic (exact) mass is 537 g/mol. The number of aliphatic carboxylic acids is 1. The fraction of sp³-hybridized carbons (Fsp3) is 0.308. The van der Waals surface area contributed by atoms with Crippen LogP contribution >= 0.6 is 11.6 Å². The largest absolute Gasteiger partial charge is 0.573 e. The minimum atomic E-state index is -4.75. The van der Waals surface area contributed by atoms with Gasteiger partial charge in [0.25, 0.3) is 0 Å². The molecule has 0 radical (unpaired) electrons. The van der Waals surface area contributed by atoms with Crippen molar-refractivity contribution in [2.24, 2.45) is 0 Å². The van der Waals surface area contributed by atoms with E-state index < -0.39 is 17.9 Å². The van der Waals surface area contributed by atoms with E-state index in [2.05, 4.69) is 16.4 Å². The van der Waals surface area contributed by atoms with E-state index >= 15 is 0 Å². The zero-order valence-electron chi connectivity index (χ0n) is 20.6. The molecule has 2 aromatic carbocycles. The highest BCUT2D eigenvalue weighted by molar-refractivity contribution is 6.32. The zero-order valence-corrected chi connectivity index (χ0v) is 21.3. The molecule has 3 aromatic rings. The van der Waals surface area contributed by atoms with Crippen molar-refractivity contribution in [3.05, 3.63) is 77.5 Å². The van der Waals surface area contributed by atoms with Crippen molar-refractivity contribution < 1.29 is 32.5 Å². The second-order valence-corrected chi connectivity index (χ2v) is 9.33. The number of rotatable bonds is 11. The Kier molecular flexibility index (Phi) is 8.55. The SMILES string of the molecule is C=CCn1nc(-c2ccc(OC(F)(F)F)cc2)cc1CN(C)Cc1ccc(OC(C)(C)C(=O)O)c(Cl)c1. The lowest BCUT2D eigenvalue weighted by molar-refractivity contribution is -0.274. The number of carboxylic acid groups (broad SMARTS) is 1. The predicted molar refractivity (Wildman–Crippen MR) is 134 cm³/mol. The Morgan fingerprint density at radius 3 is 2.38 bits per heavy atom. The fourth-order valence-corrected chi connectivity index (χ4v) is 3.76. The van der Waals surface area contributed by atoms with Crippen molar-refractivity contribution in [3.63, 3.8) is 0 Å². The summed E-state index contributed by atoms with van der Waals surface area (Å²) in [6.45, 7) is 8.15. The van der Waals surface area contributed by atoms with Gasteiger partial charge in [0.2, 0.25) is 0 Å². The standard InChI is InChI=1S/C26H27ClF3N3O4/c1-5-12-33-19(14-22(31-33)18-7-9-20(10-8-18)36-26(28,29)30)16-32(4)15-17-6-11-23(21(27)13-17)37-25(2,3)24(34)35/h5-11,13-14H,1,12,15-16H2,2-4H3,(H,34,35). The number of nitrogens with zero attached hydrogens (tertiary/aromatic N) is 3. The smallest absolute Gasteiger partial charge is 0.478 e. The molecule has 0 aliphatic heterocycles. The van der Waals surface area contributed by atoms with Gasteiger partial charge in [-0.3, -0.25) is 9.58 Å². The second kappa shape index (κ2) is 11.3. The fourth-order valence-electron chi connectivity index (χ4n) is 3.52. The zero-order chi connectivity index (χ0) is 27.4. The summed E-state index contributed by atoms with van der Waals surface area (Å²) in [7, 11) is 1.92. The molecular weight excluding hydrogens is 511 g/mol. The molecule has 0 saturated heterocycles. The van der Waals surface area contributed by atoms with Gasteiger partial charge in [-0.05, 0) is 68.9 Å². The number of halogens is 4. The Hall–Kier alpha value is -3.50. The van der Waals surface area contributed by atoms with Gasteiger partial charge in [0, 0.05) is 18.7 Å². The summed E-state index contributed by atoms with van der Waals surface area (Å²) in [5.74, 6) is -1.13. The van der Waals surface area contributed by atoms with Crippen LogP contribution in [0.5, 0.6) is 11.5 Å². The number of hydrogen-bond donors (Lipinski definition) is 1. The van der Waals surface area contributed by atoms with Crippen molar-refractivity contribution >= 4 is 17.6 Å². The Bertz CT molecular complexity index is 1260. The highest BCUT2D eigenvalue weighted by Crippen LogP contribution is 2.30. The summed E-state index contributed by atoms with van der Waals surface area (Å²) >= 11 is 6.33. The van der Waals surface area contributed by atoms with Gasteiger partial charge in [0.15, 0.2) is 5.60 Å². The van der Waals surface area contributed by atoms with E-state index in [4.69, 9.17) is 16.3 Å². The molecule has 198 valence electrons. The molecule has 37 heavy (non-hydrogen) atoms. The van der Waals surface area contributed by atoms with Crippen LogP contribution in [-0.2, 0) is 24.4 Å². The number of hydrogen-bond acceptors (Lipinski definition) is 5. The molecule has 7 nitrogen and oxygen atoms in total. The molecular formula is C26H27ClF3N3O4. The average Bonchev–Trinajstić information content (AvgIpc) is 3.17. The maximum Gasteiger partial charge on any atom is 0.573 e. The third-order valence-corrected chi connectivity index (χ3v) is 5.61. The topological polar surface area (TPSA) is 76.8 Å². The van der Waals surface area contributed by atoms with Crippen LogP contribution in [0.4, 0.5) is 13.2 Å². The van der Waals surface area contributed by atoms with Gasteiger partial charge in [-0.1, -0.05) is 23.7 Å². The summed E-state index contributed by atoms with van der Waals surface area (Å²) in [4.78, 5) is 13.4. The molecule has 1 aromatic heterocycles. The van der Waals surface area contributed by atoms with Gasteiger partial charge in [0.1, 0.15) is 11.5 Å². The summed E-state index contributed by atoms with van der Waals surface area (Å²) < 4.78 is 48.5. The van der Waals surface area contributed by atoms with Crippen LogP contribution in [0, 0.1) is 0 Å². The number of carbonyl (C=O) groups is 1. The number of allylic oxidation sites excluding steroid dienone is 1. The van der Waals surface area contributed by atoms with E-state index in [0.29, 0.717) is 35.9 Å². The lowest BCUT2D eigenvalue weighted by atomic mass is 10.1. The highest BCUT2D eigenvalue weighted by atomic mass is 35.5. The Labute approximate surface area is 217 Å². The number of aromatic nitrogens is 2.